The van der Waals surface area contributed by atoms with Crippen LogP contribution in [0.3, 0.4) is 0 Å². The number of hydrogen-bond donors (Lipinski definition) is 1. The van der Waals surface area contributed by atoms with Crippen LogP contribution in [0.25, 0.3) is 0 Å². The minimum Gasteiger partial charge on any atom is -0.478 e. The number of benzene rings is 1. The standard InChI is InChI=1S/C13H10ClNO2S/c1-8-4-2-3-5-11(8)18-12-6-9(13(16)17)10(14)7-15-12/h2-7H,1H3,(H,16,17). The Morgan fingerprint density at radius 1 is 1.39 bits per heavy atom. The van der Waals surface area contributed by atoms with Crippen molar-refractivity contribution in [2.75, 3.05) is 0 Å². The van der Waals surface area contributed by atoms with Crippen LogP contribution in [0.2, 0.25) is 5.02 Å². The number of halogens is 1. The van der Waals surface area contributed by atoms with Gasteiger partial charge in [0.1, 0.15) is 5.03 Å². The number of aryl methyl sites for hydroxylation is 1. The molecule has 2 rings (SSSR count). The largest absolute Gasteiger partial charge is 0.478 e. The van der Waals surface area contributed by atoms with E-state index in [1.165, 1.54) is 24.0 Å². The maximum Gasteiger partial charge on any atom is 0.337 e. The highest BCUT2D eigenvalue weighted by atomic mass is 35.5. The minimum absolute atomic E-state index is 0.0720. The molecule has 1 aromatic heterocycles. The molecule has 0 radical (unpaired) electrons. The van der Waals surface area contributed by atoms with Crippen molar-refractivity contribution >= 4 is 29.3 Å². The van der Waals surface area contributed by atoms with Gasteiger partial charge in [0.15, 0.2) is 0 Å². The van der Waals surface area contributed by atoms with Crippen LogP contribution in [0.15, 0.2) is 46.5 Å². The second-order valence-electron chi connectivity index (χ2n) is 3.68. The van der Waals surface area contributed by atoms with Gasteiger partial charge < -0.3 is 5.11 Å². The molecule has 2 aromatic rings. The third kappa shape index (κ3) is 2.83. The number of carbonyl (C=O) groups is 1. The summed E-state index contributed by atoms with van der Waals surface area (Å²) in [5, 5.41) is 9.76. The fourth-order valence-corrected chi connectivity index (χ4v) is 2.49. The maximum atomic E-state index is 11.0. The summed E-state index contributed by atoms with van der Waals surface area (Å²) in [5.74, 6) is -1.05. The Bertz CT molecular complexity index is 601. The predicted octanol–water partition coefficient (Wildman–Crippen LogP) is 3.89. The molecule has 0 bridgehead atoms. The first kappa shape index (κ1) is 12.9. The van der Waals surface area contributed by atoms with E-state index in [4.69, 9.17) is 16.7 Å². The number of aromatic nitrogens is 1. The fraction of sp³-hybridized carbons (Fsp3) is 0.0769. The topological polar surface area (TPSA) is 50.2 Å². The molecule has 0 amide bonds. The van der Waals surface area contributed by atoms with E-state index in [2.05, 4.69) is 4.98 Å². The van der Waals surface area contributed by atoms with Crippen LogP contribution in [-0.2, 0) is 0 Å². The summed E-state index contributed by atoms with van der Waals surface area (Å²) in [6.45, 7) is 2.00. The first-order valence-corrected chi connectivity index (χ1v) is 6.39. The van der Waals surface area contributed by atoms with Crippen LogP contribution >= 0.6 is 23.4 Å². The molecule has 0 fully saturated rings. The molecule has 1 N–H and O–H groups in total. The molecule has 0 aliphatic rings. The van der Waals surface area contributed by atoms with Crippen molar-refractivity contribution in [1.29, 1.82) is 0 Å². The van der Waals surface area contributed by atoms with Gasteiger partial charge >= 0.3 is 5.97 Å². The van der Waals surface area contributed by atoms with Crippen LogP contribution < -0.4 is 0 Å². The van der Waals surface area contributed by atoms with E-state index in [0.29, 0.717) is 5.03 Å². The van der Waals surface area contributed by atoms with Crippen molar-refractivity contribution in [2.45, 2.75) is 16.8 Å². The summed E-state index contributed by atoms with van der Waals surface area (Å²) in [7, 11) is 0. The number of carboxylic acid groups (broad SMARTS) is 1. The van der Waals surface area contributed by atoms with Gasteiger partial charge in [-0.15, -0.1) is 0 Å². The van der Waals surface area contributed by atoms with Gasteiger partial charge in [0.25, 0.3) is 0 Å². The van der Waals surface area contributed by atoms with Crippen molar-refractivity contribution in [2.24, 2.45) is 0 Å². The molecular weight excluding hydrogens is 270 g/mol. The van der Waals surface area contributed by atoms with Crippen molar-refractivity contribution in [3.63, 3.8) is 0 Å². The number of nitrogens with zero attached hydrogens (tertiary/aromatic N) is 1. The normalized spacial score (nSPS) is 10.3. The van der Waals surface area contributed by atoms with Gasteiger partial charge in [0, 0.05) is 11.1 Å². The monoisotopic (exact) mass is 279 g/mol. The lowest BCUT2D eigenvalue weighted by Gasteiger charge is -2.05. The lowest BCUT2D eigenvalue weighted by molar-refractivity contribution is 0.0696. The molecule has 1 aromatic carbocycles. The Hall–Kier alpha value is -1.52. The Balaban J connectivity index is 2.33. The SMILES string of the molecule is Cc1ccccc1Sc1cc(C(=O)O)c(Cl)cn1. The highest BCUT2D eigenvalue weighted by molar-refractivity contribution is 7.99. The van der Waals surface area contributed by atoms with Gasteiger partial charge in [0.2, 0.25) is 0 Å². The smallest absolute Gasteiger partial charge is 0.337 e. The van der Waals surface area contributed by atoms with E-state index in [-0.39, 0.29) is 10.6 Å². The molecule has 0 saturated carbocycles. The van der Waals surface area contributed by atoms with E-state index in [1.54, 1.807) is 0 Å². The second-order valence-corrected chi connectivity index (χ2v) is 5.14. The Labute approximate surface area is 114 Å². The second kappa shape index (κ2) is 5.42. The molecule has 0 aliphatic carbocycles. The van der Waals surface area contributed by atoms with Gasteiger partial charge in [-0.25, -0.2) is 9.78 Å². The number of hydrogen-bond acceptors (Lipinski definition) is 3. The molecule has 92 valence electrons. The third-order valence-electron chi connectivity index (χ3n) is 2.37. The number of aromatic carboxylic acids is 1. The molecular formula is C13H10ClNO2S. The van der Waals surface area contributed by atoms with Crippen LogP contribution in [0.1, 0.15) is 15.9 Å². The molecule has 5 heteroatoms. The van der Waals surface area contributed by atoms with Gasteiger partial charge in [0.05, 0.1) is 10.6 Å². The average molecular weight is 280 g/mol. The molecule has 1 heterocycles. The zero-order valence-corrected chi connectivity index (χ0v) is 11.1. The van der Waals surface area contributed by atoms with E-state index in [0.717, 1.165) is 10.5 Å². The molecule has 18 heavy (non-hydrogen) atoms. The summed E-state index contributed by atoms with van der Waals surface area (Å²) in [4.78, 5) is 16.1. The summed E-state index contributed by atoms with van der Waals surface area (Å²) in [6, 6.07) is 9.34. The Morgan fingerprint density at radius 3 is 2.78 bits per heavy atom. The van der Waals surface area contributed by atoms with E-state index in [1.807, 2.05) is 31.2 Å². The quantitative estimate of drug-likeness (QED) is 0.926. The molecule has 0 saturated heterocycles. The first-order valence-electron chi connectivity index (χ1n) is 5.20. The predicted molar refractivity (Wildman–Crippen MR) is 71.5 cm³/mol. The summed E-state index contributed by atoms with van der Waals surface area (Å²) < 4.78 is 0. The number of carboxylic acids is 1. The molecule has 0 atom stereocenters. The van der Waals surface area contributed by atoms with Crippen molar-refractivity contribution < 1.29 is 9.90 Å². The van der Waals surface area contributed by atoms with Crippen LogP contribution in [-0.4, -0.2) is 16.1 Å². The Kier molecular flexibility index (Phi) is 3.89. The fourth-order valence-electron chi connectivity index (χ4n) is 1.42. The van der Waals surface area contributed by atoms with Crippen molar-refractivity contribution in [3.8, 4) is 0 Å². The highest BCUT2D eigenvalue weighted by Gasteiger charge is 2.11. The lowest BCUT2D eigenvalue weighted by atomic mass is 10.2. The third-order valence-corrected chi connectivity index (χ3v) is 3.78. The minimum atomic E-state index is -1.05. The van der Waals surface area contributed by atoms with Gasteiger partial charge in [-0.3, -0.25) is 0 Å². The zero-order valence-electron chi connectivity index (χ0n) is 9.55. The highest BCUT2D eigenvalue weighted by Crippen LogP contribution is 2.30. The molecule has 0 unspecified atom stereocenters. The van der Waals surface area contributed by atoms with Crippen molar-refractivity contribution in [3.05, 3.63) is 52.7 Å². The molecule has 0 aliphatic heterocycles. The number of pyridine rings is 1. The first-order chi connectivity index (χ1) is 8.58. The zero-order chi connectivity index (χ0) is 13.1. The molecule has 0 spiro atoms. The van der Waals surface area contributed by atoms with Crippen molar-refractivity contribution in [1.82, 2.24) is 4.98 Å². The van der Waals surface area contributed by atoms with Crippen LogP contribution in [0, 0.1) is 6.92 Å². The van der Waals surface area contributed by atoms with Crippen LogP contribution in [0.4, 0.5) is 0 Å². The summed E-state index contributed by atoms with van der Waals surface area (Å²) in [6.07, 6.45) is 1.37. The van der Waals surface area contributed by atoms with Crippen LogP contribution in [0.5, 0.6) is 0 Å². The van der Waals surface area contributed by atoms with E-state index in [9.17, 15) is 4.79 Å². The van der Waals surface area contributed by atoms with Gasteiger partial charge in [-0.2, -0.15) is 0 Å². The molecule has 3 nitrogen and oxygen atoms in total. The summed E-state index contributed by atoms with van der Waals surface area (Å²) in [5.41, 5.74) is 1.19. The maximum absolute atomic E-state index is 11.0. The Morgan fingerprint density at radius 2 is 2.11 bits per heavy atom. The van der Waals surface area contributed by atoms with E-state index >= 15 is 0 Å². The lowest BCUT2D eigenvalue weighted by Crippen LogP contribution is -1.98. The van der Waals surface area contributed by atoms with E-state index < -0.39 is 5.97 Å². The number of rotatable bonds is 3. The average Bonchev–Trinajstić information content (AvgIpc) is 2.34. The summed E-state index contributed by atoms with van der Waals surface area (Å²) >= 11 is 7.19. The van der Waals surface area contributed by atoms with Gasteiger partial charge in [-0.05, 0) is 24.6 Å². The van der Waals surface area contributed by atoms with Gasteiger partial charge in [-0.1, -0.05) is 41.6 Å².